The van der Waals surface area contributed by atoms with Gasteiger partial charge in [0.05, 0.1) is 5.69 Å². The van der Waals surface area contributed by atoms with Crippen LogP contribution in [0.25, 0.3) is 0 Å². The molecule has 1 unspecified atom stereocenters. The van der Waals surface area contributed by atoms with Crippen LogP contribution in [0.5, 0.6) is 0 Å². The van der Waals surface area contributed by atoms with Gasteiger partial charge < -0.3 is 10.6 Å². The molecular weight excluding hydrogens is 340 g/mol. The smallest absolute Gasteiger partial charge is 0.313 e. The van der Waals surface area contributed by atoms with Gasteiger partial charge in [-0.15, -0.1) is 0 Å². The van der Waals surface area contributed by atoms with Crippen molar-refractivity contribution < 1.29 is 14.4 Å². The lowest BCUT2D eigenvalue weighted by Crippen LogP contribution is -2.41. The van der Waals surface area contributed by atoms with E-state index >= 15 is 0 Å². The van der Waals surface area contributed by atoms with Crippen molar-refractivity contribution in [1.82, 2.24) is 5.32 Å². The summed E-state index contributed by atoms with van der Waals surface area (Å²) in [6.45, 7) is 3.19. The number of carbonyl (C=O) groups excluding carboxylic acids is 3. The number of amides is 2. The fourth-order valence-electron chi connectivity index (χ4n) is 2.41. The minimum atomic E-state index is -0.843. The maximum absolute atomic E-state index is 12.1. The molecule has 2 amide bonds. The zero-order valence-corrected chi connectivity index (χ0v) is 14.8. The van der Waals surface area contributed by atoms with E-state index in [9.17, 15) is 14.4 Å². The molecule has 0 aliphatic heterocycles. The Morgan fingerprint density at radius 3 is 2.36 bits per heavy atom. The van der Waals surface area contributed by atoms with Crippen molar-refractivity contribution in [3.63, 3.8) is 0 Å². The second kappa shape index (κ2) is 8.44. The van der Waals surface area contributed by atoms with E-state index in [0.717, 1.165) is 5.56 Å². The average molecular weight is 359 g/mol. The minimum absolute atomic E-state index is 0.215. The number of hydrogen-bond donors (Lipinski definition) is 2. The highest BCUT2D eigenvalue weighted by Gasteiger charge is 2.19. The first-order valence-electron chi connectivity index (χ1n) is 7.83. The molecule has 0 spiro atoms. The Balaban J connectivity index is 2.00. The van der Waals surface area contributed by atoms with Crippen LogP contribution in [0.15, 0.2) is 48.5 Å². The van der Waals surface area contributed by atoms with E-state index in [2.05, 4.69) is 10.6 Å². The van der Waals surface area contributed by atoms with E-state index < -0.39 is 11.8 Å². The molecule has 0 saturated heterocycles. The molecule has 25 heavy (non-hydrogen) atoms. The lowest BCUT2D eigenvalue weighted by molar-refractivity contribution is -0.136. The molecule has 5 nitrogen and oxygen atoms in total. The van der Waals surface area contributed by atoms with E-state index in [0.29, 0.717) is 17.0 Å². The van der Waals surface area contributed by atoms with E-state index in [1.54, 1.807) is 6.07 Å². The first kappa shape index (κ1) is 18.7. The zero-order chi connectivity index (χ0) is 18.4. The highest BCUT2D eigenvalue weighted by Crippen LogP contribution is 2.21. The molecule has 1 atom stereocenters. The molecule has 2 aromatic carbocycles. The molecule has 0 aliphatic rings. The summed E-state index contributed by atoms with van der Waals surface area (Å²) in [5.74, 6) is -1.84. The predicted octanol–water partition coefficient (Wildman–Crippen LogP) is 3.23. The summed E-state index contributed by atoms with van der Waals surface area (Å²) in [6, 6.07) is 13.9. The fraction of sp³-hybridized carbons (Fsp3) is 0.211. The summed E-state index contributed by atoms with van der Waals surface area (Å²) in [5, 5.41) is 5.45. The lowest BCUT2D eigenvalue weighted by atomic mass is 10.1. The van der Waals surface area contributed by atoms with Gasteiger partial charge in [0.25, 0.3) is 0 Å². The second-order valence-electron chi connectivity index (χ2n) is 5.76. The van der Waals surface area contributed by atoms with Crippen LogP contribution in [0.1, 0.15) is 29.8 Å². The van der Waals surface area contributed by atoms with Crippen molar-refractivity contribution in [1.29, 1.82) is 0 Å². The summed E-state index contributed by atoms with van der Waals surface area (Å²) in [7, 11) is 0. The number of ketones is 1. The van der Waals surface area contributed by atoms with E-state index in [-0.39, 0.29) is 17.5 Å². The fourth-order valence-corrected chi connectivity index (χ4v) is 2.59. The van der Waals surface area contributed by atoms with Crippen LogP contribution < -0.4 is 10.6 Å². The van der Waals surface area contributed by atoms with Crippen molar-refractivity contribution in [3.8, 4) is 0 Å². The standard InChI is InChI=1S/C19H19ClN2O3/c1-12(10-14-6-4-3-5-7-14)21-18(24)19(25)22-17-11-15(20)8-9-16(17)13(2)23/h3-9,11-12H,10H2,1-2H3,(H,21,24)(H,22,25). The largest absolute Gasteiger partial charge is 0.345 e. The van der Waals surface area contributed by atoms with Gasteiger partial charge in [-0.2, -0.15) is 0 Å². The third-order valence-electron chi connectivity index (χ3n) is 3.58. The van der Waals surface area contributed by atoms with Crippen LogP contribution in [-0.2, 0) is 16.0 Å². The number of carbonyl (C=O) groups is 3. The van der Waals surface area contributed by atoms with E-state index in [1.807, 2.05) is 37.3 Å². The average Bonchev–Trinajstić information content (AvgIpc) is 2.55. The van der Waals surface area contributed by atoms with Gasteiger partial charge in [-0.1, -0.05) is 41.9 Å². The molecule has 2 N–H and O–H groups in total. The van der Waals surface area contributed by atoms with Gasteiger partial charge in [0, 0.05) is 16.6 Å². The zero-order valence-electron chi connectivity index (χ0n) is 14.0. The van der Waals surface area contributed by atoms with Crippen molar-refractivity contribution in [3.05, 3.63) is 64.7 Å². The molecule has 2 aromatic rings. The first-order chi connectivity index (χ1) is 11.9. The quantitative estimate of drug-likeness (QED) is 0.636. The number of rotatable bonds is 5. The maximum Gasteiger partial charge on any atom is 0.313 e. The minimum Gasteiger partial charge on any atom is -0.345 e. The Labute approximate surface area is 151 Å². The Morgan fingerprint density at radius 2 is 1.72 bits per heavy atom. The van der Waals surface area contributed by atoms with Crippen molar-refractivity contribution in [2.75, 3.05) is 5.32 Å². The summed E-state index contributed by atoms with van der Waals surface area (Å²) in [4.78, 5) is 35.8. The van der Waals surface area contributed by atoms with Crippen LogP contribution in [-0.4, -0.2) is 23.6 Å². The van der Waals surface area contributed by atoms with Gasteiger partial charge in [-0.25, -0.2) is 0 Å². The summed E-state index contributed by atoms with van der Waals surface area (Å²) in [5.41, 5.74) is 1.57. The number of Topliss-reactive ketones (excluding diaryl/α,β-unsaturated/α-hetero) is 1. The van der Waals surface area contributed by atoms with Gasteiger partial charge in [-0.05, 0) is 44.0 Å². The van der Waals surface area contributed by atoms with Gasteiger partial charge in [0.15, 0.2) is 5.78 Å². The molecule has 2 rings (SSSR count). The highest BCUT2D eigenvalue weighted by atomic mass is 35.5. The molecule has 0 radical (unpaired) electrons. The van der Waals surface area contributed by atoms with Crippen LogP contribution in [0, 0.1) is 0 Å². The molecule has 6 heteroatoms. The highest BCUT2D eigenvalue weighted by molar-refractivity contribution is 6.40. The van der Waals surface area contributed by atoms with Crippen molar-refractivity contribution in [2.45, 2.75) is 26.3 Å². The Hall–Kier alpha value is -2.66. The van der Waals surface area contributed by atoms with Gasteiger partial charge in [0.2, 0.25) is 0 Å². The second-order valence-corrected chi connectivity index (χ2v) is 6.20. The van der Waals surface area contributed by atoms with Gasteiger partial charge in [-0.3, -0.25) is 14.4 Å². The van der Waals surface area contributed by atoms with Crippen molar-refractivity contribution >= 4 is 34.9 Å². The topological polar surface area (TPSA) is 75.3 Å². The van der Waals surface area contributed by atoms with Crippen LogP contribution in [0.2, 0.25) is 5.02 Å². The van der Waals surface area contributed by atoms with Gasteiger partial charge in [0.1, 0.15) is 0 Å². The van der Waals surface area contributed by atoms with Crippen LogP contribution in [0.3, 0.4) is 0 Å². The Bertz CT molecular complexity index is 791. The van der Waals surface area contributed by atoms with E-state index in [4.69, 9.17) is 11.6 Å². The van der Waals surface area contributed by atoms with Gasteiger partial charge >= 0.3 is 11.8 Å². The number of anilines is 1. The summed E-state index contributed by atoms with van der Waals surface area (Å²) < 4.78 is 0. The predicted molar refractivity (Wildman–Crippen MR) is 97.8 cm³/mol. The number of halogens is 1. The van der Waals surface area contributed by atoms with Crippen molar-refractivity contribution in [2.24, 2.45) is 0 Å². The third kappa shape index (κ3) is 5.43. The SMILES string of the molecule is CC(=O)c1ccc(Cl)cc1NC(=O)C(=O)NC(C)Cc1ccccc1. The monoisotopic (exact) mass is 358 g/mol. The maximum atomic E-state index is 12.1. The molecule has 0 fully saturated rings. The van der Waals surface area contributed by atoms with E-state index in [1.165, 1.54) is 19.1 Å². The molecular formula is C19H19ClN2O3. The molecule has 0 aromatic heterocycles. The lowest BCUT2D eigenvalue weighted by Gasteiger charge is -2.14. The Kier molecular flexibility index (Phi) is 6.31. The molecule has 0 aliphatic carbocycles. The molecule has 130 valence electrons. The Morgan fingerprint density at radius 1 is 1.04 bits per heavy atom. The molecule has 0 bridgehead atoms. The number of hydrogen-bond acceptors (Lipinski definition) is 3. The molecule has 0 saturated carbocycles. The van der Waals surface area contributed by atoms with Crippen LogP contribution >= 0.6 is 11.6 Å². The number of benzene rings is 2. The summed E-state index contributed by atoms with van der Waals surface area (Å²) in [6.07, 6.45) is 0.607. The normalized spacial score (nSPS) is 11.5. The first-order valence-corrected chi connectivity index (χ1v) is 8.21. The third-order valence-corrected chi connectivity index (χ3v) is 3.81. The van der Waals surface area contributed by atoms with Crippen LogP contribution in [0.4, 0.5) is 5.69 Å². The number of nitrogens with one attached hydrogen (secondary N) is 2. The molecule has 0 heterocycles. The summed E-state index contributed by atoms with van der Waals surface area (Å²) >= 11 is 5.90.